The molecule has 0 heterocycles. The zero-order chi connectivity index (χ0) is 8.27. The summed E-state index contributed by atoms with van der Waals surface area (Å²) in [5, 5.41) is -0.406. The number of hydrogen-bond donors (Lipinski definition) is 0. The lowest BCUT2D eigenvalue weighted by Crippen LogP contribution is -2.00. The van der Waals surface area contributed by atoms with E-state index in [-0.39, 0.29) is 0 Å². The SMILES string of the molecule is CC(c1ccccc1)S(=O)[O-]. The number of hydrogen-bond acceptors (Lipinski definition) is 2. The van der Waals surface area contributed by atoms with Crippen molar-refractivity contribution in [2.24, 2.45) is 0 Å². The number of rotatable bonds is 2. The first-order valence-electron chi connectivity index (χ1n) is 3.35. The van der Waals surface area contributed by atoms with E-state index < -0.39 is 16.3 Å². The molecule has 0 spiro atoms. The van der Waals surface area contributed by atoms with E-state index in [0.717, 1.165) is 5.56 Å². The van der Waals surface area contributed by atoms with Gasteiger partial charge in [-0.15, -0.1) is 0 Å². The normalized spacial score (nSPS) is 15.8. The lowest BCUT2D eigenvalue weighted by molar-refractivity contribution is 0.527. The van der Waals surface area contributed by atoms with Gasteiger partial charge in [0, 0.05) is 5.25 Å². The first-order valence-corrected chi connectivity index (χ1v) is 4.48. The van der Waals surface area contributed by atoms with Crippen molar-refractivity contribution in [2.45, 2.75) is 12.2 Å². The van der Waals surface area contributed by atoms with E-state index in [9.17, 15) is 8.76 Å². The summed E-state index contributed by atoms with van der Waals surface area (Å²) in [7, 11) is 0. The molecule has 0 saturated heterocycles. The van der Waals surface area contributed by atoms with Crippen LogP contribution >= 0.6 is 0 Å². The zero-order valence-corrected chi connectivity index (χ0v) is 7.01. The lowest BCUT2D eigenvalue weighted by atomic mass is 10.2. The molecule has 0 saturated carbocycles. The van der Waals surface area contributed by atoms with Crippen molar-refractivity contribution < 1.29 is 8.76 Å². The van der Waals surface area contributed by atoms with E-state index >= 15 is 0 Å². The molecule has 0 radical (unpaired) electrons. The summed E-state index contributed by atoms with van der Waals surface area (Å²) >= 11 is -2.01. The summed E-state index contributed by atoms with van der Waals surface area (Å²) in [6, 6.07) is 9.14. The summed E-state index contributed by atoms with van der Waals surface area (Å²) in [6.45, 7) is 1.67. The molecule has 2 nitrogen and oxygen atoms in total. The van der Waals surface area contributed by atoms with Crippen molar-refractivity contribution in [3.8, 4) is 0 Å². The van der Waals surface area contributed by atoms with Crippen LogP contribution in [0.1, 0.15) is 17.7 Å². The van der Waals surface area contributed by atoms with Crippen LogP contribution in [-0.2, 0) is 11.1 Å². The van der Waals surface area contributed by atoms with Gasteiger partial charge in [0.05, 0.1) is 0 Å². The molecule has 0 N–H and O–H groups in total. The van der Waals surface area contributed by atoms with Gasteiger partial charge >= 0.3 is 0 Å². The molecule has 2 unspecified atom stereocenters. The van der Waals surface area contributed by atoms with Crippen LogP contribution in [0.3, 0.4) is 0 Å². The molecule has 0 amide bonds. The summed E-state index contributed by atoms with van der Waals surface area (Å²) in [5.74, 6) is 0. The predicted molar refractivity (Wildman–Crippen MR) is 43.8 cm³/mol. The highest BCUT2D eigenvalue weighted by Gasteiger charge is 2.02. The van der Waals surface area contributed by atoms with Crippen molar-refractivity contribution in [2.75, 3.05) is 0 Å². The van der Waals surface area contributed by atoms with Gasteiger partial charge in [0.25, 0.3) is 0 Å². The van der Waals surface area contributed by atoms with Crippen molar-refractivity contribution in [3.63, 3.8) is 0 Å². The largest absolute Gasteiger partial charge is 0.772 e. The number of benzene rings is 1. The maximum absolute atomic E-state index is 10.5. The van der Waals surface area contributed by atoms with E-state index in [4.69, 9.17) is 0 Å². The summed E-state index contributed by atoms with van der Waals surface area (Å²) in [5.41, 5.74) is 0.834. The van der Waals surface area contributed by atoms with Crippen LogP contribution in [-0.4, -0.2) is 8.76 Å². The molecular formula is C8H9O2S-. The van der Waals surface area contributed by atoms with Crippen LogP contribution in [0.5, 0.6) is 0 Å². The fraction of sp³-hybridized carbons (Fsp3) is 0.250. The molecule has 60 valence electrons. The average Bonchev–Trinajstić information content (AvgIpc) is 2.05. The van der Waals surface area contributed by atoms with E-state index in [1.807, 2.05) is 18.2 Å². The summed E-state index contributed by atoms with van der Waals surface area (Å²) < 4.78 is 21.0. The van der Waals surface area contributed by atoms with Crippen LogP contribution in [0.15, 0.2) is 30.3 Å². The Morgan fingerprint density at radius 3 is 2.36 bits per heavy atom. The summed E-state index contributed by atoms with van der Waals surface area (Å²) in [4.78, 5) is 0. The topological polar surface area (TPSA) is 40.1 Å². The van der Waals surface area contributed by atoms with E-state index in [1.54, 1.807) is 19.1 Å². The quantitative estimate of drug-likeness (QED) is 0.631. The molecule has 0 aliphatic heterocycles. The molecule has 0 bridgehead atoms. The minimum Gasteiger partial charge on any atom is -0.772 e. The van der Waals surface area contributed by atoms with Gasteiger partial charge in [-0.2, -0.15) is 0 Å². The highest BCUT2D eigenvalue weighted by atomic mass is 32.2. The minimum absolute atomic E-state index is 0.406. The van der Waals surface area contributed by atoms with Crippen LogP contribution < -0.4 is 0 Å². The van der Waals surface area contributed by atoms with Gasteiger partial charge in [-0.05, 0) is 23.6 Å². The summed E-state index contributed by atoms with van der Waals surface area (Å²) in [6.07, 6.45) is 0. The minimum atomic E-state index is -2.01. The van der Waals surface area contributed by atoms with Crippen molar-refractivity contribution in [1.29, 1.82) is 0 Å². The second-order valence-corrected chi connectivity index (χ2v) is 3.54. The zero-order valence-electron chi connectivity index (χ0n) is 6.19. The van der Waals surface area contributed by atoms with Gasteiger partial charge in [0.2, 0.25) is 0 Å². The van der Waals surface area contributed by atoms with Gasteiger partial charge in [-0.3, -0.25) is 4.21 Å². The van der Waals surface area contributed by atoms with Crippen molar-refractivity contribution in [1.82, 2.24) is 0 Å². The maximum atomic E-state index is 10.5. The third-order valence-electron chi connectivity index (χ3n) is 1.56. The maximum Gasteiger partial charge on any atom is 0.0436 e. The van der Waals surface area contributed by atoms with Crippen LogP contribution in [0.25, 0.3) is 0 Å². The second-order valence-electron chi connectivity index (χ2n) is 2.31. The fourth-order valence-corrected chi connectivity index (χ4v) is 1.21. The lowest BCUT2D eigenvalue weighted by Gasteiger charge is -2.14. The molecule has 0 aromatic heterocycles. The molecule has 11 heavy (non-hydrogen) atoms. The first kappa shape index (κ1) is 8.43. The van der Waals surface area contributed by atoms with Crippen molar-refractivity contribution >= 4 is 11.1 Å². The van der Waals surface area contributed by atoms with E-state index in [0.29, 0.717) is 0 Å². The highest BCUT2D eigenvalue weighted by molar-refractivity contribution is 7.79. The average molecular weight is 169 g/mol. The molecule has 0 aliphatic rings. The molecule has 0 aliphatic carbocycles. The monoisotopic (exact) mass is 169 g/mol. The van der Waals surface area contributed by atoms with Gasteiger partial charge in [-0.25, -0.2) is 0 Å². The Labute approximate surface area is 68.5 Å². The molecule has 1 rings (SSSR count). The van der Waals surface area contributed by atoms with E-state index in [2.05, 4.69) is 0 Å². The Morgan fingerprint density at radius 1 is 1.36 bits per heavy atom. The Balaban J connectivity index is 2.85. The van der Waals surface area contributed by atoms with Crippen LogP contribution in [0.2, 0.25) is 0 Å². The third kappa shape index (κ3) is 2.13. The molecule has 0 fully saturated rings. The van der Waals surface area contributed by atoms with Gasteiger partial charge in [0.15, 0.2) is 0 Å². The Morgan fingerprint density at radius 2 is 1.91 bits per heavy atom. The second kappa shape index (κ2) is 3.64. The molecule has 1 aromatic rings. The van der Waals surface area contributed by atoms with E-state index in [1.165, 1.54) is 0 Å². The van der Waals surface area contributed by atoms with Gasteiger partial charge < -0.3 is 4.55 Å². The van der Waals surface area contributed by atoms with Gasteiger partial charge in [0.1, 0.15) is 0 Å². The first-order chi connectivity index (χ1) is 5.22. The van der Waals surface area contributed by atoms with Crippen molar-refractivity contribution in [3.05, 3.63) is 35.9 Å². The Hall–Kier alpha value is -0.670. The molecular weight excluding hydrogens is 160 g/mol. The Bertz CT molecular complexity index is 246. The van der Waals surface area contributed by atoms with Gasteiger partial charge in [-0.1, -0.05) is 30.3 Å². The molecule has 2 atom stereocenters. The Kier molecular flexibility index (Phi) is 2.79. The molecule has 3 heteroatoms. The fourth-order valence-electron chi connectivity index (χ4n) is 0.835. The standard InChI is InChI=1S/C8H10O2S/c1-7(11(9)10)8-5-3-2-4-6-8/h2-7H,1H3,(H,9,10)/p-1. The van der Waals surface area contributed by atoms with Crippen LogP contribution in [0, 0.1) is 0 Å². The highest BCUT2D eigenvalue weighted by Crippen LogP contribution is 2.16. The smallest absolute Gasteiger partial charge is 0.0436 e. The molecule has 1 aromatic carbocycles. The third-order valence-corrected chi connectivity index (χ3v) is 2.41. The predicted octanol–water partition coefficient (Wildman–Crippen LogP) is 1.63. The van der Waals surface area contributed by atoms with Crippen LogP contribution in [0.4, 0.5) is 0 Å².